The summed E-state index contributed by atoms with van der Waals surface area (Å²) in [7, 11) is 1.66. The van der Waals surface area contributed by atoms with Crippen molar-refractivity contribution in [2.75, 3.05) is 20.2 Å². The second kappa shape index (κ2) is 8.39. The largest absolute Gasteiger partial charge is 0.497 e. The lowest BCUT2D eigenvalue weighted by molar-refractivity contribution is 0.241. The third-order valence-electron chi connectivity index (χ3n) is 2.62. The maximum Gasteiger partial charge on any atom is 0.314 e. The Bertz CT molecular complexity index is 349. The highest BCUT2D eigenvalue weighted by molar-refractivity contribution is 5.73. The fourth-order valence-electron chi connectivity index (χ4n) is 1.59. The standard InChI is InChI=1S/C14H22N2O2/c1-3-10-15-14(17)16-11-4-5-12-6-8-13(18-2)9-7-12/h6-9H,3-5,10-11H2,1-2H3,(H2,15,16,17). The number of ether oxygens (including phenoxy) is 1. The first-order chi connectivity index (χ1) is 8.76. The van der Waals surface area contributed by atoms with E-state index in [9.17, 15) is 4.79 Å². The number of methoxy groups -OCH3 is 1. The van der Waals surface area contributed by atoms with Gasteiger partial charge in [0.2, 0.25) is 0 Å². The lowest BCUT2D eigenvalue weighted by Gasteiger charge is -2.07. The van der Waals surface area contributed by atoms with Crippen LogP contribution >= 0.6 is 0 Å². The van der Waals surface area contributed by atoms with Crippen LogP contribution in [0.4, 0.5) is 4.79 Å². The average Bonchev–Trinajstić information content (AvgIpc) is 2.42. The first kappa shape index (κ1) is 14.4. The van der Waals surface area contributed by atoms with Gasteiger partial charge in [-0.2, -0.15) is 0 Å². The molecule has 0 saturated heterocycles. The number of carbonyl (C=O) groups excluding carboxylic acids is 1. The van der Waals surface area contributed by atoms with Crippen molar-refractivity contribution in [3.8, 4) is 5.75 Å². The maximum absolute atomic E-state index is 11.3. The fourth-order valence-corrected chi connectivity index (χ4v) is 1.59. The van der Waals surface area contributed by atoms with Gasteiger partial charge in [0.15, 0.2) is 0 Å². The molecule has 100 valence electrons. The van der Waals surface area contributed by atoms with Crippen LogP contribution in [0.2, 0.25) is 0 Å². The van der Waals surface area contributed by atoms with Crippen LogP contribution in [-0.2, 0) is 6.42 Å². The Morgan fingerprint density at radius 2 is 1.83 bits per heavy atom. The van der Waals surface area contributed by atoms with E-state index >= 15 is 0 Å². The lowest BCUT2D eigenvalue weighted by Crippen LogP contribution is -2.36. The first-order valence-electron chi connectivity index (χ1n) is 6.41. The van der Waals surface area contributed by atoms with Gasteiger partial charge in [0.25, 0.3) is 0 Å². The van der Waals surface area contributed by atoms with Gasteiger partial charge in [0.1, 0.15) is 5.75 Å². The summed E-state index contributed by atoms with van der Waals surface area (Å²) < 4.78 is 5.10. The Kier molecular flexibility index (Phi) is 6.69. The molecule has 0 saturated carbocycles. The van der Waals surface area contributed by atoms with Gasteiger partial charge < -0.3 is 15.4 Å². The van der Waals surface area contributed by atoms with E-state index < -0.39 is 0 Å². The number of hydrogen-bond donors (Lipinski definition) is 2. The van der Waals surface area contributed by atoms with Gasteiger partial charge in [-0.1, -0.05) is 19.1 Å². The molecule has 0 spiro atoms. The Balaban J connectivity index is 2.15. The molecule has 0 aromatic heterocycles. The number of rotatable bonds is 7. The van der Waals surface area contributed by atoms with E-state index in [1.54, 1.807) is 7.11 Å². The minimum absolute atomic E-state index is 0.0772. The summed E-state index contributed by atoms with van der Waals surface area (Å²) in [5.74, 6) is 0.871. The van der Waals surface area contributed by atoms with Crippen LogP contribution in [0.15, 0.2) is 24.3 Å². The van der Waals surface area contributed by atoms with Crippen molar-refractivity contribution < 1.29 is 9.53 Å². The van der Waals surface area contributed by atoms with Gasteiger partial charge in [0.05, 0.1) is 7.11 Å². The number of benzene rings is 1. The zero-order valence-electron chi connectivity index (χ0n) is 11.2. The van der Waals surface area contributed by atoms with Crippen LogP contribution in [0.1, 0.15) is 25.3 Å². The Labute approximate surface area is 109 Å². The summed E-state index contributed by atoms with van der Waals surface area (Å²) >= 11 is 0. The summed E-state index contributed by atoms with van der Waals surface area (Å²) in [4.78, 5) is 11.3. The van der Waals surface area contributed by atoms with E-state index in [0.717, 1.165) is 31.6 Å². The second-order valence-corrected chi connectivity index (χ2v) is 4.13. The smallest absolute Gasteiger partial charge is 0.314 e. The van der Waals surface area contributed by atoms with Gasteiger partial charge in [-0.3, -0.25) is 0 Å². The molecule has 0 radical (unpaired) electrons. The molecule has 1 rings (SSSR count). The summed E-state index contributed by atoms with van der Waals surface area (Å²) in [6.45, 7) is 3.45. The maximum atomic E-state index is 11.3. The van der Waals surface area contributed by atoms with Crippen molar-refractivity contribution >= 4 is 6.03 Å². The number of carbonyl (C=O) groups is 1. The molecule has 18 heavy (non-hydrogen) atoms. The minimum Gasteiger partial charge on any atom is -0.497 e. The molecular formula is C14H22N2O2. The van der Waals surface area contributed by atoms with Crippen LogP contribution in [-0.4, -0.2) is 26.2 Å². The predicted molar refractivity (Wildman–Crippen MR) is 73.0 cm³/mol. The zero-order chi connectivity index (χ0) is 13.2. The van der Waals surface area contributed by atoms with Crippen LogP contribution in [0.5, 0.6) is 5.75 Å². The zero-order valence-corrected chi connectivity index (χ0v) is 11.2. The minimum atomic E-state index is -0.0772. The Morgan fingerprint density at radius 3 is 2.44 bits per heavy atom. The van der Waals surface area contributed by atoms with E-state index in [1.807, 2.05) is 19.1 Å². The molecule has 1 aromatic carbocycles. The monoisotopic (exact) mass is 250 g/mol. The fraction of sp³-hybridized carbons (Fsp3) is 0.500. The van der Waals surface area contributed by atoms with Crippen LogP contribution < -0.4 is 15.4 Å². The third-order valence-corrected chi connectivity index (χ3v) is 2.62. The number of urea groups is 1. The number of nitrogens with one attached hydrogen (secondary N) is 2. The first-order valence-corrected chi connectivity index (χ1v) is 6.41. The molecule has 0 fully saturated rings. The quantitative estimate of drug-likeness (QED) is 0.730. The molecule has 0 atom stereocenters. The van der Waals surface area contributed by atoms with Gasteiger partial charge in [-0.05, 0) is 37.0 Å². The average molecular weight is 250 g/mol. The number of aryl methyl sites for hydroxylation is 1. The molecule has 2 amide bonds. The van der Waals surface area contributed by atoms with Crippen molar-refractivity contribution in [3.05, 3.63) is 29.8 Å². The molecule has 4 heteroatoms. The van der Waals surface area contributed by atoms with Gasteiger partial charge >= 0.3 is 6.03 Å². The third kappa shape index (κ3) is 5.57. The Morgan fingerprint density at radius 1 is 1.17 bits per heavy atom. The van der Waals surface area contributed by atoms with Crippen molar-refractivity contribution in [1.29, 1.82) is 0 Å². The van der Waals surface area contributed by atoms with E-state index in [0.29, 0.717) is 6.54 Å². The van der Waals surface area contributed by atoms with Gasteiger partial charge in [0, 0.05) is 13.1 Å². The molecule has 0 aliphatic carbocycles. The summed E-state index contributed by atoms with van der Waals surface area (Å²) in [5.41, 5.74) is 1.26. The summed E-state index contributed by atoms with van der Waals surface area (Å²) in [6, 6.07) is 7.94. The van der Waals surface area contributed by atoms with Crippen LogP contribution in [0.3, 0.4) is 0 Å². The van der Waals surface area contributed by atoms with Crippen LogP contribution in [0.25, 0.3) is 0 Å². The topological polar surface area (TPSA) is 50.4 Å². The van der Waals surface area contributed by atoms with E-state index in [4.69, 9.17) is 4.74 Å². The molecule has 0 bridgehead atoms. The van der Waals surface area contributed by atoms with Crippen molar-refractivity contribution in [2.24, 2.45) is 0 Å². The Hall–Kier alpha value is -1.71. The van der Waals surface area contributed by atoms with E-state index in [-0.39, 0.29) is 6.03 Å². The molecule has 4 nitrogen and oxygen atoms in total. The highest BCUT2D eigenvalue weighted by atomic mass is 16.5. The number of hydrogen-bond acceptors (Lipinski definition) is 2. The summed E-state index contributed by atoms with van der Waals surface area (Å²) in [5, 5.41) is 5.62. The normalized spacial score (nSPS) is 9.89. The molecule has 0 unspecified atom stereocenters. The summed E-state index contributed by atoms with van der Waals surface area (Å²) in [6.07, 6.45) is 2.85. The molecule has 2 N–H and O–H groups in total. The lowest BCUT2D eigenvalue weighted by atomic mass is 10.1. The van der Waals surface area contributed by atoms with E-state index in [1.165, 1.54) is 5.56 Å². The highest BCUT2D eigenvalue weighted by Gasteiger charge is 1.98. The number of amides is 2. The van der Waals surface area contributed by atoms with Crippen molar-refractivity contribution in [1.82, 2.24) is 10.6 Å². The molecular weight excluding hydrogens is 228 g/mol. The second-order valence-electron chi connectivity index (χ2n) is 4.13. The molecule has 1 aromatic rings. The molecule has 0 aliphatic rings. The molecule has 0 aliphatic heterocycles. The van der Waals surface area contributed by atoms with Crippen LogP contribution in [0, 0.1) is 0 Å². The van der Waals surface area contributed by atoms with Crippen molar-refractivity contribution in [2.45, 2.75) is 26.2 Å². The van der Waals surface area contributed by atoms with Crippen molar-refractivity contribution in [3.63, 3.8) is 0 Å². The molecule has 0 heterocycles. The SMILES string of the molecule is CCCNC(=O)NCCCc1ccc(OC)cc1. The van der Waals surface area contributed by atoms with E-state index in [2.05, 4.69) is 22.8 Å². The van der Waals surface area contributed by atoms with Gasteiger partial charge in [-0.15, -0.1) is 0 Å². The predicted octanol–water partition coefficient (Wildman–Crippen LogP) is 2.34. The van der Waals surface area contributed by atoms with Gasteiger partial charge in [-0.25, -0.2) is 4.79 Å². The highest BCUT2D eigenvalue weighted by Crippen LogP contribution is 2.12.